The van der Waals surface area contributed by atoms with Crippen LogP contribution in [-0.2, 0) is 23.8 Å². The van der Waals surface area contributed by atoms with Crippen LogP contribution in [0.3, 0.4) is 0 Å². The molecule has 0 aromatic rings. The fraction of sp³-hybridized carbons (Fsp3) is 0.915. The Morgan fingerprint density at radius 1 is 0.404 bits per heavy atom. The van der Waals surface area contributed by atoms with Gasteiger partial charge in [-0.3, -0.25) is 9.59 Å². The summed E-state index contributed by atoms with van der Waals surface area (Å²) in [5.74, 6) is -0.388. The molecule has 0 heterocycles. The lowest BCUT2D eigenvalue weighted by molar-refractivity contribution is -0.163. The molecular weight excluding hydrogens is 645 g/mol. The summed E-state index contributed by atoms with van der Waals surface area (Å²) in [5.41, 5.74) is 0. The number of hydrogen-bond donors (Lipinski definition) is 0. The number of allylic oxidation sites excluding steroid dienone is 2. The van der Waals surface area contributed by atoms with Gasteiger partial charge in [0.25, 0.3) is 0 Å². The van der Waals surface area contributed by atoms with Crippen LogP contribution in [0.25, 0.3) is 0 Å². The molecule has 0 aromatic carbocycles. The zero-order chi connectivity index (χ0) is 37.8. The molecule has 5 heteroatoms. The molecule has 0 aliphatic heterocycles. The van der Waals surface area contributed by atoms with Gasteiger partial charge in [0.05, 0.1) is 6.61 Å². The second-order valence-corrected chi connectivity index (χ2v) is 15.7. The van der Waals surface area contributed by atoms with Crippen LogP contribution in [0, 0.1) is 0 Å². The van der Waals surface area contributed by atoms with Crippen molar-refractivity contribution in [3.8, 4) is 0 Å². The largest absolute Gasteiger partial charge is 0.462 e. The second kappa shape index (κ2) is 44.0. The maximum Gasteiger partial charge on any atom is 0.306 e. The zero-order valence-corrected chi connectivity index (χ0v) is 35.4. The lowest BCUT2D eigenvalue weighted by Gasteiger charge is -2.18. The molecule has 0 rings (SSSR count). The molecule has 0 N–H and O–H groups in total. The topological polar surface area (TPSA) is 61.8 Å². The SMILES string of the molecule is CCCC/C=C\CCCCCCCCOCC(COC(=O)CCCCCCCCCCCCCCCCC)OC(=O)CCCCCCCCCCC. The summed E-state index contributed by atoms with van der Waals surface area (Å²) in [5, 5.41) is 0. The van der Waals surface area contributed by atoms with Gasteiger partial charge in [-0.25, -0.2) is 0 Å². The van der Waals surface area contributed by atoms with Crippen molar-refractivity contribution in [3.63, 3.8) is 0 Å². The van der Waals surface area contributed by atoms with Crippen molar-refractivity contribution in [3.05, 3.63) is 12.2 Å². The van der Waals surface area contributed by atoms with Gasteiger partial charge < -0.3 is 14.2 Å². The molecule has 0 spiro atoms. The lowest BCUT2D eigenvalue weighted by Crippen LogP contribution is -2.30. The summed E-state index contributed by atoms with van der Waals surface area (Å²) < 4.78 is 17.3. The van der Waals surface area contributed by atoms with Crippen LogP contribution in [-0.4, -0.2) is 37.9 Å². The summed E-state index contributed by atoms with van der Waals surface area (Å²) in [6.07, 6.45) is 47.8. The predicted molar refractivity (Wildman–Crippen MR) is 224 cm³/mol. The maximum atomic E-state index is 12.7. The standard InChI is InChI=1S/C47H90O5/c1-4-7-10-13-16-19-21-23-24-25-26-29-31-34-37-40-46(48)51-44-45(52-47(49)41-38-35-32-28-18-15-12-9-6-3)43-50-42-39-36-33-30-27-22-20-17-14-11-8-5-2/h14,17,45H,4-13,15-16,18-44H2,1-3H3/b17-14-. The van der Waals surface area contributed by atoms with Crippen LogP contribution >= 0.6 is 0 Å². The molecule has 308 valence electrons. The predicted octanol–water partition coefficient (Wildman–Crippen LogP) is 15.1. The van der Waals surface area contributed by atoms with E-state index < -0.39 is 6.10 Å². The van der Waals surface area contributed by atoms with Crippen molar-refractivity contribution in [2.45, 2.75) is 258 Å². The van der Waals surface area contributed by atoms with E-state index in [2.05, 4.69) is 32.9 Å². The van der Waals surface area contributed by atoms with E-state index in [0.29, 0.717) is 26.1 Å². The van der Waals surface area contributed by atoms with Gasteiger partial charge in [-0.1, -0.05) is 213 Å². The Hall–Kier alpha value is -1.36. The van der Waals surface area contributed by atoms with Crippen LogP contribution in [0.2, 0.25) is 0 Å². The van der Waals surface area contributed by atoms with Gasteiger partial charge in [0.1, 0.15) is 6.61 Å². The Bertz CT molecular complexity index is 750. The number of hydrogen-bond acceptors (Lipinski definition) is 5. The van der Waals surface area contributed by atoms with E-state index in [9.17, 15) is 9.59 Å². The van der Waals surface area contributed by atoms with Crippen LogP contribution in [0.15, 0.2) is 12.2 Å². The second-order valence-electron chi connectivity index (χ2n) is 15.7. The van der Waals surface area contributed by atoms with Gasteiger partial charge in [-0.2, -0.15) is 0 Å². The molecule has 0 fully saturated rings. The average molecular weight is 735 g/mol. The highest BCUT2D eigenvalue weighted by molar-refractivity contribution is 5.70. The maximum absolute atomic E-state index is 12.7. The van der Waals surface area contributed by atoms with E-state index in [1.54, 1.807) is 0 Å². The highest BCUT2D eigenvalue weighted by Crippen LogP contribution is 2.15. The Morgan fingerprint density at radius 2 is 0.769 bits per heavy atom. The number of carbonyl (C=O) groups is 2. The molecule has 0 aliphatic carbocycles. The third-order valence-electron chi connectivity index (χ3n) is 10.3. The molecule has 1 unspecified atom stereocenters. The number of esters is 2. The van der Waals surface area contributed by atoms with E-state index >= 15 is 0 Å². The molecule has 0 saturated carbocycles. The minimum Gasteiger partial charge on any atom is -0.462 e. The molecule has 0 aromatic heterocycles. The average Bonchev–Trinajstić information content (AvgIpc) is 3.14. The first-order valence-electron chi connectivity index (χ1n) is 23.2. The first-order valence-corrected chi connectivity index (χ1v) is 23.2. The molecule has 0 aliphatic rings. The summed E-state index contributed by atoms with van der Waals surface area (Å²) in [6.45, 7) is 7.81. The molecule has 5 nitrogen and oxygen atoms in total. The van der Waals surface area contributed by atoms with Gasteiger partial charge in [-0.15, -0.1) is 0 Å². The Morgan fingerprint density at radius 3 is 1.23 bits per heavy atom. The molecule has 52 heavy (non-hydrogen) atoms. The quantitative estimate of drug-likeness (QED) is 0.0355. The molecule has 1 atom stereocenters. The molecule has 0 saturated heterocycles. The highest BCUT2D eigenvalue weighted by Gasteiger charge is 2.17. The van der Waals surface area contributed by atoms with E-state index in [-0.39, 0.29) is 18.5 Å². The van der Waals surface area contributed by atoms with Crippen molar-refractivity contribution in [2.24, 2.45) is 0 Å². The van der Waals surface area contributed by atoms with Crippen molar-refractivity contribution >= 4 is 11.9 Å². The minimum absolute atomic E-state index is 0.0912. The van der Waals surface area contributed by atoms with Gasteiger partial charge >= 0.3 is 11.9 Å². The Kier molecular flexibility index (Phi) is 42.9. The summed E-state index contributed by atoms with van der Waals surface area (Å²) in [4.78, 5) is 25.2. The van der Waals surface area contributed by atoms with E-state index in [1.807, 2.05) is 0 Å². The smallest absolute Gasteiger partial charge is 0.306 e. The minimum atomic E-state index is -0.526. The summed E-state index contributed by atoms with van der Waals surface area (Å²) in [7, 11) is 0. The van der Waals surface area contributed by atoms with Crippen LogP contribution in [0.1, 0.15) is 252 Å². The zero-order valence-electron chi connectivity index (χ0n) is 35.4. The van der Waals surface area contributed by atoms with Gasteiger partial charge in [0.15, 0.2) is 6.10 Å². The van der Waals surface area contributed by atoms with Crippen molar-refractivity contribution in [2.75, 3.05) is 19.8 Å². The van der Waals surface area contributed by atoms with E-state index in [0.717, 1.165) is 38.5 Å². The Labute approximate surface area is 325 Å². The Balaban J connectivity index is 4.16. The van der Waals surface area contributed by atoms with Gasteiger partial charge in [0.2, 0.25) is 0 Å². The number of rotatable bonds is 43. The fourth-order valence-corrected chi connectivity index (χ4v) is 6.79. The molecule has 0 amide bonds. The monoisotopic (exact) mass is 735 g/mol. The lowest BCUT2D eigenvalue weighted by atomic mass is 10.0. The summed E-state index contributed by atoms with van der Waals surface area (Å²) >= 11 is 0. The van der Waals surface area contributed by atoms with E-state index in [4.69, 9.17) is 14.2 Å². The fourth-order valence-electron chi connectivity index (χ4n) is 6.79. The third kappa shape index (κ3) is 41.4. The van der Waals surface area contributed by atoms with E-state index in [1.165, 1.54) is 180 Å². The van der Waals surface area contributed by atoms with Crippen LogP contribution in [0.5, 0.6) is 0 Å². The summed E-state index contributed by atoms with van der Waals surface area (Å²) in [6, 6.07) is 0. The normalized spacial score (nSPS) is 12.1. The van der Waals surface area contributed by atoms with Crippen LogP contribution < -0.4 is 0 Å². The van der Waals surface area contributed by atoms with Crippen molar-refractivity contribution < 1.29 is 23.8 Å². The molecule has 0 bridgehead atoms. The van der Waals surface area contributed by atoms with Gasteiger partial charge in [-0.05, 0) is 38.5 Å². The number of unbranched alkanes of at least 4 members (excludes halogenated alkanes) is 30. The van der Waals surface area contributed by atoms with Gasteiger partial charge in [0, 0.05) is 19.4 Å². The first kappa shape index (κ1) is 50.6. The highest BCUT2D eigenvalue weighted by atomic mass is 16.6. The molecule has 0 radical (unpaired) electrons. The van der Waals surface area contributed by atoms with Crippen molar-refractivity contribution in [1.29, 1.82) is 0 Å². The number of carbonyl (C=O) groups excluding carboxylic acids is 2. The first-order chi connectivity index (χ1) is 25.6. The molecular formula is C47H90O5. The van der Waals surface area contributed by atoms with Crippen LogP contribution in [0.4, 0.5) is 0 Å². The third-order valence-corrected chi connectivity index (χ3v) is 10.3. The van der Waals surface area contributed by atoms with Crippen molar-refractivity contribution in [1.82, 2.24) is 0 Å². The number of ether oxygens (including phenoxy) is 3.